The van der Waals surface area contributed by atoms with Crippen molar-refractivity contribution in [3.63, 3.8) is 0 Å². The van der Waals surface area contributed by atoms with Crippen molar-refractivity contribution in [2.75, 3.05) is 0 Å². The molecule has 0 aliphatic carbocycles. The van der Waals surface area contributed by atoms with Crippen molar-refractivity contribution in [2.45, 2.75) is 0 Å². The van der Waals surface area contributed by atoms with E-state index in [1.54, 1.807) is 0 Å². The standard InChI is InChI=1S/CHClO2.2ClH/c2-1(3)4;;/h(H,3,4);2*1H. The van der Waals surface area contributed by atoms with Crippen LogP contribution in [0.5, 0.6) is 0 Å². The molecule has 5 heteroatoms. The van der Waals surface area contributed by atoms with Crippen molar-refractivity contribution in [1.82, 2.24) is 0 Å². The molecule has 0 aromatic heterocycles. The second-order valence-electron chi connectivity index (χ2n) is 0.253. The third-order valence-corrected chi connectivity index (χ3v) is 0. The molecular weight excluding hydrogens is 150 g/mol. The Bertz CT molecular complexity index is 31.8. The van der Waals surface area contributed by atoms with E-state index in [-0.39, 0.29) is 24.8 Å². The molecule has 0 aromatic carbocycles. The molecule has 0 saturated heterocycles. The second-order valence-corrected chi connectivity index (χ2v) is 0.576. The summed E-state index contributed by atoms with van der Waals surface area (Å²) < 4.78 is 0. The molecule has 0 rings (SSSR count). The maximum atomic E-state index is 8.77. The average Bonchev–Trinajstić information content (AvgIpc) is 0.811. The zero-order chi connectivity index (χ0) is 3.58. The molecule has 0 heterocycles. The van der Waals surface area contributed by atoms with Crippen LogP contribution in [0, 0.1) is 0 Å². The Hall–Kier alpha value is 0.340. The van der Waals surface area contributed by atoms with Gasteiger partial charge >= 0.3 is 5.43 Å². The number of carbonyl (C=O) groups is 1. The number of halogens is 3. The van der Waals surface area contributed by atoms with Crippen LogP contribution in [0.3, 0.4) is 0 Å². The molecular formula is CH3Cl3O2. The molecule has 0 aliphatic rings. The highest BCUT2D eigenvalue weighted by molar-refractivity contribution is 6.60. The van der Waals surface area contributed by atoms with E-state index in [9.17, 15) is 0 Å². The third kappa shape index (κ3) is 419. The van der Waals surface area contributed by atoms with Crippen LogP contribution < -0.4 is 0 Å². The quantitative estimate of drug-likeness (QED) is 0.538. The predicted molar refractivity (Wildman–Crippen MR) is 28.4 cm³/mol. The van der Waals surface area contributed by atoms with Gasteiger partial charge in [0.25, 0.3) is 0 Å². The number of carboxylic acid groups (broad SMARTS) is 1. The maximum absolute atomic E-state index is 8.77. The van der Waals surface area contributed by atoms with Crippen molar-refractivity contribution >= 4 is 41.8 Å². The zero-order valence-electron chi connectivity index (χ0n) is 2.55. The van der Waals surface area contributed by atoms with Gasteiger partial charge in [-0.2, -0.15) is 0 Å². The lowest BCUT2D eigenvalue weighted by atomic mass is 11.6. The summed E-state index contributed by atoms with van der Waals surface area (Å²) in [5.74, 6) is 0. The van der Waals surface area contributed by atoms with Gasteiger partial charge in [0.2, 0.25) is 0 Å². The molecule has 0 aromatic rings. The minimum atomic E-state index is -1.36. The summed E-state index contributed by atoms with van der Waals surface area (Å²) in [7, 11) is 0. The minimum Gasteiger partial charge on any atom is -0.469 e. The molecule has 1 N–H and O–H groups in total. The van der Waals surface area contributed by atoms with Gasteiger partial charge in [0.05, 0.1) is 0 Å². The minimum absolute atomic E-state index is 0. The Morgan fingerprint density at radius 1 is 1.50 bits per heavy atom. The second kappa shape index (κ2) is 9.02. The molecule has 0 amide bonds. The van der Waals surface area contributed by atoms with Gasteiger partial charge in [-0.1, -0.05) is 0 Å². The van der Waals surface area contributed by atoms with Gasteiger partial charge < -0.3 is 5.11 Å². The van der Waals surface area contributed by atoms with Crippen LogP contribution in [0.2, 0.25) is 0 Å². The van der Waals surface area contributed by atoms with E-state index in [1.165, 1.54) is 0 Å². The lowest BCUT2D eigenvalue weighted by Gasteiger charge is -1.55. The normalized spacial score (nSPS) is 4.17. The molecule has 0 fully saturated rings. The van der Waals surface area contributed by atoms with E-state index >= 15 is 0 Å². The van der Waals surface area contributed by atoms with Crippen molar-refractivity contribution < 1.29 is 9.90 Å². The Labute approximate surface area is 52.3 Å². The van der Waals surface area contributed by atoms with Crippen molar-refractivity contribution in [2.24, 2.45) is 0 Å². The van der Waals surface area contributed by atoms with Crippen LogP contribution in [0.4, 0.5) is 4.79 Å². The lowest BCUT2D eigenvalue weighted by molar-refractivity contribution is 0.220. The Morgan fingerprint density at radius 2 is 1.50 bits per heavy atom. The average molecular weight is 153 g/mol. The molecule has 0 spiro atoms. The lowest BCUT2D eigenvalue weighted by Crippen LogP contribution is -1.66. The summed E-state index contributed by atoms with van der Waals surface area (Å²) in [5.41, 5.74) is -1.36. The fourth-order valence-electron chi connectivity index (χ4n) is 0. The van der Waals surface area contributed by atoms with Crippen molar-refractivity contribution in [3.8, 4) is 0 Å². The Kier molecular flexibility index (Phi) is 24.4. The van der Waals surface area contributed by atoms with Gasteiger partial charge in [0, 0.05) is 11.6 Å². The number of hydrogen-bond acceptors (Lipinski definition) is 1. The molecule has 0 saturated carbocycles. The SMILES string of the molecule is Cl.Cl.O=C(O)Cl. The van der Waals surface area contributed by atoms with Crippen molar-refractivity contribution in [3.05, 3.63) is 0 Å². The fourth-order valence-corrected chi connectivity index (χ4v) is 0. The fraction of sp³-hybridized carbons (Fsp3) is 0. The number of hydrogen-bond donors (Lipinski definition) is 1. The summed E-state index contributed by atoms with van der Waals surface area (Å²) in [6.07, 6.45) is 0. The summed E-state index contributed by atoms with van der Waals surface area (Å²) in [4.78, 5) is 8.77. The van der Waals surface area contributed by atoms with E-state index in [4.69, 9.17) is 9.90 Å². The summed E-state index contributed by atoms with van der Waals surface area (Å²) >= 11 is 4.19. The smallest absolute Gasteiger partial charge is 0.401 e. The number of rotatable bonds is 0. The highest BCUT2D eigenvalue weighted by Gasteiger charge is 1.71. The van der Waals surface area contributed by atoms with Crippen LogP contribution in [0.25, 0.3) is 0 Å². The third-order valence-electron chi connectivity index (χ3n) is 0. The summed E-state index contributed by atoms with van der Waals surface area (Å²) in [6.45, 7) is 0. The van der Waals surface area contributed by atoms with E-state index in [1.807, 2.05) is 0 Å². The first-order chi connectivity index (χ1) is 1.73. The van der Waals surface area contributed by atoms with Gasteiger partial charge in [-0.15, -0.1) is 24.8 Å². The van der Waals surface area contributed by atoms with E-state index in [2.05, 4.69) is 11.6 Å². The monoisotopic (exact) mass is 152 g/mol. The molecule has 0 aliphatic heterocycles. The first-order valence-corrected chi connectivity index (χ1v) is 0.995. The van der Waals surface area contributed by atoms with Crippen LogP contribution in [0.1, 0.15) is 0 Å². The zero-order valence-corrected chi connectivity index (χ0v) is 4.94. The van der Waals surface area contributed by atoms with Crippen LogP contribution in [-0.2, 0) is 0 Å². The topological polar surface area (TPSA) is 37.3 Å². The first kappa shape index (κ1) is 16.2. The predicted octanol–water partition coefficient (Wildman–Crippen LogP) is 1.75. The van der Waals surface area contributed by atoms with Crippen LogP contribution in [-0.4, -0.2) is 10.5 Å². The molecule has 6 heavy (non-hydrogen) atoms. The van der Waals surface area contributed by atoms with Crippen molar-refractivity contribution in [1.29, 1.82) is 0 Å². The molecule has 0 radical (unpaired) electrons. The highest BCUT2D eigenvalue weighted by Crippen LogP contribution is 1.67. The molecule has 0 atom stereocenters. The van der Waals surface area contributed by atoms with E-state index in [0.717, 1.165) is 0 Å². The molecule has 2 nitrogen and oxygen atoms in total. The van der Waals surface area contributed by atoms with Gasteiger partial charge in [0.15, 0.2) is 0 Å². The highest BCUT2D eigenvalue weighted by atomic mass is 35.5. The van der Waals surface area contributed by atoms with E-state index in [0.29, 0.717) is 0 Å². The Morgan fingerprint density at radius 3 is 1.50 bits per heavy atom. The molecule has 40 valence electrons. The van der Waals surface area contributed by atoms with E-state index < -0.39 is 5.43 Å². The van der Waals surface area contributed by atoms with Gasteiger partial charge in [-0.05, 0) is 0 Å². The maximum Gasteiger partial charge on any atom is 0.401 e. The summed E-state index contributed by atoms with van der Waals surface area (Å²) in [6, 6.07) is 0. The largest absolute Gasteiger partial charge is 0.469 e. The van der Waals surface area contributed by atoms with Crippen LogP contribution in [0.15, 0.2) is 0 Å². The summed E-state index contributed by atoms with van der Waals surface area (Å²) in [5, 5.41) is 7.18. The van der Waals surface area contributed by atoms with Crippen LogP contribution >= 0.6 is 36.4 Å². The molecule has 0 unspecified atom stereocenters. The Balaban J connectivity index is -0.0000000450. The first-order valence-electron chi connectivity index (χ1n) is 0.617. The van der Waals surface area contributed by atoms with Gasteiger partial charge in [-0.25, -0.2) is 4.79 Å². The molecule has 0 bridgehead atoms. The van der Waals surface area contributed by atoms with Gasteiger partial charge in [0.1, 0.15) is 0 Å². The van der Waals surface area contributed by atoms with Gasteiger partial charge in [-0.3, -0.25) is 0 Å².